The normalized spacial score (nSPS) is 10.8. The van der Waals surface area contributed by atoms with Crippen LogP contribution in [0.2, 0.25) is 0 Å². The molecule has 0 atom stereocenters. The molecule has 16 rings (SSSR count). The number of hydrogen-bond acceptors (Lipinski definition) is 16. The maximum Gasteiger partial charge on any atom is 1.00 e. The van der Waals surface area contributed by atoms with Gasteiger partial charge in [-0.25, -0.2) is 33.7 Å². The van der Waals surface area contributed by atoms with E-state index in [-0.39, 0.29) is 141 Å². The van der Waals surface area contributed by atoms with E-state index in [1.54, 1.807) is 0 Å². The Bertz CT molecular complexity index is 5930. The molecule has 0 aliphatic rings. The molecule has 24 heteroatoms. The van der Waals surface area contributed by atoms with E-state index in [0.717, 1.165) is 0 Å². The summed E-state index contributed by atoms with van der Waals surface area (Å²) in [5.74, 6) is -1.31. The quantitative estimate of drug-likeness (QED) is 0.0206. The Hall–Kier alpha value is -9.00. The Labute approximate surface area is 936 Å². The first-order chi connectivity index (χ1) is 67.2. The van der Waals surface area contributed by atoms with Gasteiger partial charge in [-0.2, -0.15) is 0 Å². The minimum absolute atomic E-state index is 0. The molecule has 16 aromatic carbocycles. The molecule has 16 aromatic rings. The molecule has 143 heavy (non-hydrogen) atoms. The molecule has 0 heterocycles. The SMILES string of the molecule is CCC.CCOCCCS(=O)(=O)[O-].CCOCCCS(=O)(=O)[O-].CCOCCCS(=O)(=O)[O-].CCOCCCS(=O)(=O)[O-].[Na+].[Na+].[Na+].[Na+].c1ccc(-c2ccc(-c3ccc(-c4ccc(-c5ccc(-c6ccc(-c7ccc(-c8ccccc8)cc7)cc6)cc5)cc4)cc3)cc2)cc1.c1ccc(-c2ccc(-c3ccc(-c4ccc(-c5ccc(-c6ccc(-c7ccc(-c8ccccc8)cc7)cc6)cc5)cc4)cc3)cc2)cc1. The molecule has 0 amide bonds. The van der Waals surface area contributed by atoms with Gasteiger partial charge in [0.05, 0.1) is 40.5 Å². The summed E-state index contributed by atoms with van der Waals surface area (Å²) in [7, 11) is -16.1. The van der Waals surface area contributed by atoms with Gasteiger partial charge in [0.2, 0.25) is 0 Å². The van der Waals surface area contributed by atoms with Crippen LogP contribution in [0.4, 0.5) is 0 Å². The second kappa shape index (κ2) is 65.6. The van der Waals surface area contributed by atoms with E-state index >= 15 is 0 Å². The predicted octanol–water partition coefficient (Wildman–Crippen LogP) is 16.0. The van der Waals surface area contributed by atoms with Gasteiger partial charge in [-0.1, -0.05) is 433 Å². The van der Waals surface area contributed by atoms with Crippen LogP contribution in [0.25, 0.3) is 156 Å². The van der Waals surface area contributed by atoms with Crippen LogP contribution in [0.3, 0.4) is 0 Å². The maximum absolute atomic E-state index is 9.98. The average Bonchev–Trinajstić information content (AvgIpc) is 0.826. The van der Waals surface area contributed by atoms with E-state index < -0.39 is 40.5 Å². The van der Waals surface area contributed by atoms with Crippen molar-refractivity contribution in [1.82, 2.24) is 0 Å². The van der Waals surface area contributed by atoms with E-state index in [2.05, 4.69) is 426 Å². The molecule has 0 radical (unpaired) electrons. The van der Waals surface area contributed by atoms with E-state index in [1.807, 2.05) is 27.7 Å². The molecule has 0 aliphatic heterocycles. The standard InChI is InChI=1S/2C48H34.4C5H12O4S.C3H8.4Na/c2*1-3-7-35(8-4-1)37-11-15-39(16-12-37)41-19-23-43(24-20-41)45-27-31-47(32-28-45)48-33-29-46(30-34-48)44-25-21-42(22-26-44)40-17-13-38(14-18-40)36-9-5-2-6-10-36;4*1-2-9-4-3-5-10(6,7)8;1-3-2;;;;/h2*1-34H;4*2-5H2,1H3,(H,6,7,8);3H2,1-2H3;;;;/q;;;;;;;4*+1/p-4. The summed E-state index contributed by atoms with van der Waals surface area (Å²) in [6.07, 6.45) is 2.42. The van der Waals surface area contributed by atoms with Gasteiger partial charge >= 0.3 is 118 Å². The van der Waals surface area contributed by atoms with Crippen LogP contribution in [-0.2, 0) is 59.4 Å². The van der Waals surface area contributed by atoms with Crippen LogP contribution in [0.1, 0.15) is 73.6 Å². The Morgan fingerprint density at radius 1 is 0.154 bits per heavy atom. The van der Waals surface area contributed by atoms with E-state index in [4.69, 9.17) is 18.9 Å². The largest absolute Gasteiger partial charge is 1.00 e. The van der Waals surface area contributed by atoms with Gasteiger partial charge in [0.15, 0.2) is 0 Å². The molecule has 0 aromatic heterocycles. The fourth-order valence-corrected chi connectivity index (χ4v) is 16.6. The minimum atomic E-state index is -4.03. The van der Waals surface area contributed by atoms with E-state index in [1.165, 1.54) is 162 Å². The second-order valence-corrected chi connectivity index (χ2v) is 38.4. The van der Waals surface area contributed by atoms with Crippen LogP contribution in [0.15, 0.2) is 413 Å². The van der Waals surface area contributed by atoms with Gasteiger partial charge in [-0.15, -0.1) is 0 Å². The van der Waals surface area contributed by atoms with Gasteiger partial charge in [-0.3, -0.25) is 0 Å². The second-order valence-electron chi connectivity index (χ2n) is 32.3. The average molecular weight is 2030 g/mol. The van der Waals surface area contributed by atoms with Crippen LogP contribution in [0, 0.1) is 0 Å². The van der Waals surface area contributed by atoms with Crippen molar-refractivity contribution in [2.45, 2.75) is 73.6 Å². The molecular weight excluding hydrogens is 1910 g/mol. The van der Waals surface area contributed by atoms with Crippen LogP contribution in [0.5, 0.6) is 0 Å². The van der Waals surface area contributed by atoms with Gasteiger partial charge in [0, 0.05) is 75.9 Å². The summed E-state index contributed by atoms with van der Waals surface area (Å²) in [5, 5.41) is 0. The molecule has 0 spiro atoms. The smallest absolute Gasteiger partial charge is 0.748 e. The molecule has 0 N–H and O–H groups in total. The summed E-state index contributed by atoms with van der Waals surface area (Å²) < 4.78 is 139. The fourth-order valence-electron chi connectivity index (χ4n) is 14.7. The number of ether oxygens (including phenoxy) is 4. The van der Waals surface area contributed by atoms with Crippen molar-refractivity contribution in [2.75, 3.05) is 75.9 Å². The van der Waals surface area contributed by atoms with Crippen molar-refractivity contribution in [3.8, 4) is 156 Å². The topological polar surface area (TPSA) is 266 Å². The van der Waals surface area contributed by atoms with Crippen LogP contribution < -0.4 is 118 Å². The van der Waals surface area contributed by atoms with E-state index in [0.29, 0.717) is 78.5 Å². The summed E-state index contributed by atoms with van der Waals surface area (Å²) in [4.78, 5) is 0. The Morgan fingerprint density at radius 3 is 0.301 bits per heavy atom. The van der Waals surface area contributed by atoms with Gasteiger partial charge < -0.3 is 37.2 Å². The van der Waals surface area contributed by atoms with Gasteiger partial charge in [-0.05, 0) is 209 Å². The molecular formula is C119H120Na4O16S4. The Balaban J connectivity index is 0.000000305. The van der Waals surface area contributed by atoms with Crippen LogP contribution in [-0.4, -0.2) is 128 Å². The Kier molecular flexibility index (Phi) is 56.3. The van der Waals surface area contributed by atoms with Gasteiger partial charge in [0.1, 0.15) is 0 Å². The Morgan fingerprint density at radius 2 is 0.231 bits per heavy atom. The third-order valence-electron chi connectivity index (χ3n) is 21.9. The number of hydrogen-bond donors (Lipinski definition) is 0. The summed E-state index contributed by atoms with van der Waals surface area (Å²) in [6.45, 7) is 15.1. The number of rotatable bonds is 34. The summed E-state index contributed by atoms with van der Waals surface area (Å²) >= 11 is 0. The fraction of sp³-hybridized carbons (Fsp3) is 0.193. The zero-order valence-electron chi connectivity index (χ0n) is 83.4. The minimum Gasteiger partial charge on any atom is -0.748 e. The van der Waals surface area contributed by atoms with Crippen molar-refractivity contribution in [1.29, 1.82) is 0 Å². The van der Waals surface area contributed by atoms with Crippen molar-refractivity contribution < 1.29 is 189 Å². The molecule has 0 fully saturated rings. The summed E-state index contributed by atoms with van der Waals surface area (Å²) in [6, 6.07) is 148. The zero-order chi connectivity index (χ0) is 99.1. The monoisotopic (exact) mass is 2020 g/mol. The van der Waals surface area contributed by atoms with Gasteiger partial charge in [0.25, 0.3) is 0 Å². The predicted molar refractivity (Wildman–Crippen MR) is 568 cm³/mol. The van der Waals surface area contributed by atoms with Crippen molar-refractivity contribution in [2.24, 2.45) is 0 Å². The van der Waals surface area contributed by atoms with Crippen molar-refractivity contribution >= 4 is 40.5 Å². The molecule has 0 aliphatic carbocycles. The number of benzene rings is 16. The first-order valence-electron chi connectivity index (χ1n) is 46.7. The first kappa shape index (κ1) is 123. The van der Waals surface area contributed by atoms with Crippen molar-refractivity contribution in [3.05, 3.63) is 413 Å². The van der Waals surface area contributed by atoms with Crippen molar-refractivity contribution in [3.63, 3.8) is 0 Å². The molecule has 0 bridgehead atoms. The molecule has 720 valence electrons. The zero-order valence-corrected chi connectivity index (χ0v) is 94.7. The van der Waals surface area contributed by atoms with Crippen LogP contribution >= 0.6 is 0 Å². The molecule has 0 saturated heterocycles. The maximum atomic E-state index is 9.98. The first-order valence-corrected chi connectivity index (χ1v) is 53.0. The molecule has 0 unspecified atom stereocenters. The third kappa shape index (κ3) is 44.3. The molecule has 16 nitrogen and oxygen atoms in total. The van der Waals surface area contributed by atoms with E-state index in [9.17, 15) is 51.9 Å². The third-order valence-corrected chi connectivity index (χ3v) is 25.1. The summed E-state index contributed by atoms with van der Waals surface area (Å²) in [5.41, 5.74) is 34.3. The molecule has 0 saturated carbocycles.